The second kappa shape index (κ2) is 5.75. The molecule has 0 spiro atoms. The van der Waals surface area contributed by atoms with Gasteiger partial charge in [0.2, 0.25) is 5.91 Å². The summed E-state index contributed by atoms with van der Waals surface area (Å²) < 4.78 is 5.50. The Bertz CT molecular complexity index is 369. The lowest BCUT2D eigenvalue weighted by molar-refractivity contribution is -0.132. The van der Waals surface area contributed by atoms with E-state index < -0.39 is 0 Å². The molecule has 92 valence electrons. The molecule has 0 aliphatic carbocycles. The highest BCUT2D eigenvalue weighted by Gasteiger charge is 2.29. The van der Waals surface area contributed by atoms with E-state index in [0.29, 0.717) is 13.1 Å². The number of nitrogens with zero attached hydrogens (tertiary/aromatic N) is 1. The SMILES string of the molecule is NC[C@H]1CC[C@@H](C(=O)NCc2ccccn2)O1. The monoisotopic (exact) mass is 235 g/mol. The first kappa shape index (κ1) is 12.0. The second-order valence-corrected chi connectivity index (χ2v) is 4.10. The third-order valence-corrected chi connectivity index (χ3v) is 2.83. The summed E-state index contributed by atoms with van der Waals surface area (Å²) in [5.41, 5.74) is 6.34. The van der Waals surface area contributed by atoms with E-state index in [1.807, 2.05) is 18.2 Å². The Labute approximate surface area is 100 Å². The Kier molecular flexibility index (Phi) is 4.06. The van der Waals surface area contributed by atoms with Gasteiger partial charge in [-0.1, -0.05) is 6.07 Å². The van der Waals surface area contributed by atoms with Crippen LogP contribution in [-0.4, -0.2) is 29.6 Å². The van der Waals surface area contributed by atoms with E-state index >= 15 is 0 Å². The highest BCUT2D eigenvalue weighted by Crippen LogP contribution is 2.18. The van der Waals surface area contributed by atoms with E-state index in [1.165, 1.54) is 0 Å². The fraction of sp³-hybridized carbons (Fsp3) is 0.500. The molecule has 5 nitrogen and oxygen atoms in total. The zero-order valence-electron chi connectivity index (χ0n) is 9.63. The van der Waals surface area contributed by atoms with Gasteiger partial charge in [0.1, 0.15) is 6.10 Å². The number of carbonyl (C=O) groups is 1. The van der Waals surface area contributed by atoms with E-state index in [4.69, 9.17) is 10.5 Å². The molecule has 1 saturated heterocycles. The zero-order valence-corrected chi connectivity index (χ0v) is 9.63. The summed E-state index contributed by atoms with van der Waals surface area (Å²) in [4.78, 5) is 15.9. The van der Waals surface area contributed by atoms with Crippen LogP contribution in [0.2, 0.25) is 0 Å². The van der Waals surface area contributed by atoms with Gasteiger partial charge in [0, 0.05) is 12.7 Å². The fourth-order valence-electron chi connectivity index (χ4n) is 1.87. The molecular formula is C12H17N3O2. The molecule has 1 fully saturated rings. The van der Waals surface area contributed by atoms with Crippen LogP contribution in [-0.2, 0) is 16.1 Å². The molecule has 1 aliphatic rings. The van der Waals surface area contributed by atoms with Gasteiger partial charge in [-0.25, -0.2) is 0 Å². The van der Waals surface area contributed by atoms with E-state index in [2.05, 4.69) is 10.3 Å². The summed E-state index contributed by atoms with van der Waals surface area (Å²) in [5, 5.41) is 2.82. The molecule has 2 atom stereocenters. The Balaban J connectivity index is 1.78. The standard InChI is InChI=1S/C12H17N3O2/c13-7-10-4-5-11(17-10)12(16)15-8-9-3-1-2-6-14-9/h1-3,6,10-11H,4-5,7-8,13H2,(H,15,16)/t10-,11+/m1/s1. The molecule has 3 N–H and O–H groups in total. The van der Waals surface area contributed by atoms with Crippen LogP contribution in [0.15, 0.2) is 24.4 Å². The third kappa shape index (κ3) is 3.25. The molecule has 1 aliphatic heterocycles. The van der Waals surface area contributed by atoms with Crippen LogP contribution in [0, 0.1) is 0 Å². The van der Waals surface area contributed by atoms with Gasteiger partial charge < -0.3 is 15.8 Å². The number of rotatable bonds is 4. The number of ether oxygens (including phenoxy) is 1. The van der Waals surface area contributed by atoms with Gasteiger partial charge in [-0.05, 0) is 25.0 Å². The molecule has 0 aromatic carbocycles. The third-order valence-electron chi connectivity index (χ3n) is 2.83. The van der Waals surface area contributed by atoms with Crippen LogP contribution in [0.3, 0.4) is 0 Å². The average molecular weight is 235 g/mol. The van der Waals surface area contributed by atoms with Gasteiger partial charge in [0.25, 0.3) is 0 Å². The maximum Gasteiger partial charge on any atom is 0.249 e. The van der Waals surface area contributed by atoms with E-state index in [9.17, 15) is 4.79 Å². The summed E-state index contributed by atoms with van der Waals surface area (Å²) in [6, 6.07) is 5.61. The Morgan fingerprint density at radius 3 is 3.06 bits per heavy atom. The van der Waals surface area contributed by atoms with Crippen molar-refractivity contribution in [2.45, 2.75) is 31.6 Å². The van der Waals surface area contributed by atoms with Gasteiger partial charge in [0.05, 0.1) is 18.3 Å². The summed E-state index contributed by atoms with van der Waals surface area (Å²) in [6.07, 6.45) is 2.99. The molecule has 2 heterocycles. The Morgan fingerprint density at radius 1 is 1.53 bits per heavy atom. The predicted octanol–water partition coefficient (Wildman–Crippen LogP) is 0.204. The molecule has 1 aromatic rings. The molecule has 0 radical (unpaired) electrons. The number of amides is 1. The van der Waals surface area contributed by atoms with E-state index in [-0.39, 0.29) is 18.1 Å². The van der Waals surface area contributed by atoms with Gasteiger partial charge in [0.15, 0.2) is 0 Å². The highest BCUT2D eigenvalue weighted by molar-refractivity contribution is 5.80. The van der Waals surface area contributed by atoms with Crippen molar-refractivity contribution in [3.8, 4) is 0 Å². The van der Waals surface area contributed by atoms with Crippen molar-refractivity contribution in [1.82, 2.24) is 10.3 Å². The molecule has 5 heteroatoms. The van der Waals surface area contributed by atoms with Crippen LogP contribution in [0.1, 0.15) is 18.5 Å². The van der Waals surface area contributed by atoms with Gasteiger partial charge in [-0.15, -0.1) is 0 Å². The number of pyridine rings is 1. The molecular weight excluding hydrogens is 218 g/mol. The number of aromatic nitrogens is 1. The summed E-state index contributed by atoms with van der Waals surface area (Å²) in [5.74, 6) is -0.0772. The van der Waals surface area contributed by atoms with Crippen LogP contribution in [0.25, 0.3) is 0 Å². The molecule has 0 bridgehead atoms. The quantitative estimate of drug-likeness (QED) is 0.781. The maximum atomic E-state index is 11.8. The van der Waals surface area contributed by atoms with Crippen molar-refractivity contribution in [2.24, 2.45) is 5.73 Å². The first-order valence-corrected chi connectivity index (χ1v) is 5.82. The minimum atomic E-state index is -0.354. The van der Waals surface area contributed by atoms with Crippen molar-refractivity contribution in [2.75, 3.05) is 6.54 Å². The van der Waals surface area contributed by atoms with E-state index in [1.54, 1.807) is 6.20 Å². The fourth-order valence-corrected chi connectivity index (χ4v) is 1.87. The normalized spacial score (nSPS) is 23.6. The van der Waals surface area contributed by atoms with Crippen molar-refractivity contribution >= 4 is 5.91 Å². The average Bonchev–Trinajstić information content (AvgIpc) is 2.86. The van der Waals surface area contributed by atoms with Crippen LogP contribution in [0.5, 0.6) is 0 Å². The Hall–Kier alpha value is -1.46. The maximum absolute atomic E-state index is 11.8. The van der Waals surface area contributed by atoms with Crippen molar-refractivity contribution in [1.29, 1.82) is 0 Å². The first-order valence-electron chi connectivity index (χ1n) is 5.82. The molecule has 1 aromatic heterocycles. The van der Waals surface area contributed by atoms with Gasteiger partial charge >= 0.3 is 0 Å². The topological polar surface area (TPSA) is 77.2 Å². The molecule has 1 amide bonds. The van der Waals surface area contributed by atoms with Crippen molar-refractivity contribution in [3.63, 3.8) is 0 Å². The minimum Gasteiger partial charge on any atom is -0.364 e. The lowest BCUT2D eigenvalue weighted by atomic mass is 10.2. The zero-order chi connectivity index (χ0) is 12.1. The van der Waals surface area contributed by atoms with Crippen LogP contribution in [0.4, 0.5) is 0 Å². The van der Waals surface area contributed by atoms with E-state index in [0.717, 1.165) is 18.5 Å². The van der Waals surface area contributed by atoms with Crippen molar-refractivity contribution in [3.05, 3.63) is 30.1 Å². The smallest absolute Gasteiger partial charge is 0.249 e. The molecule has 2 rings (SSSR count). The second-order valence-electron chi connectivity index (χ2n) is 4.10. The van der Waals surface area contributed by atoms with Gasteiger partial charge in [-0.2, -0.15) is 0 Å². The molecule has 0 unspecified atom stereocenters. The van der Waals surface area contributed by atoms with Crippen LogP contribution >= 0.6 is 0 Å². The largest absolute Gasteiger partial charge is 0.364 e. The summed E-state index contributed by atoms with van der Waals surface area (Å²) >= 11 is 0. The predicted molar refractivity (Wildman–Crippen MR) is 63.0 cm³/mol. The first-order chi connectivity index (χ1) is 8.29. The molecule has 0 saturated carbocycles. The van der Waals surface area contributed by atoms with Gasteiger partial charge in [-0.3, -0.25) is 9.78 Å². The van der Waals surface area contributed by atoms with Crippen molar-refractivity contribution < 1.29 is 9.53 Å². The Morgan fingerprint density at radius 2 is 2.41 bits per heavy atom. The lowest BCUT2D eigenvalue weighted by Gasteiger charge is -2.12. The summed E-state index contributed by atoms with van der Waals surface area (Å²) in [7, 11) is 0. The van der Waals surface area contributed by atoms with Crippen LogP contribution < -0.4 is 11.1 Å². The number of hydrogen-bond donors (Lipinski definition) is 2. The number of carbonyl (C=O) groups excluding carboxylic acids is 1. The lowest BCUT2D eigenvalue weighted by Crippen LogP contribution is -2.35. The highest BCUT2D eigenvalue weighted by atomic mass is 16.5. The molecule has 17 heavy (non-hydrogen) atoms. The number of nitrogens with one attached hydrogen (secondary N) is 1. The number of nitrogens with two attached hydrogens (primary N) is 1. The minimum absolute atomic E-state index is 0.0283. The number of hydrogen-bond acceptors (Lipinski definition) is 4. The summed E-state index contributed by atoms with van der Waals surface area (Å²) in [6.45, 7) is 0.914.